The van der Waals surface area contributed by atoms with Gasteiger partial charge in [-0.25, -0.2) is 13.1 Å². The summed E-state index contributed by atoms with van der Waals surface area (Å²) in [5.74, 6) is 0.349. The average Bonchev–Trinajstić information content (AvgIpc) is 2.62. The van der Waals surface area contributed by atoms with Gasteiger partial charge < -0.3 is 5.73 Å². The lowest BCUT2D eigenvalue weighted by atomic mass is 9.92. The van der Waals surface area contributed by atoms with Gasteiger partial charge in [-0.1, -0.05) is 13.8 Å². The Balaban J connectivity index is 3.20. The van der Waals surface area contributed by atoms with E-state index in [1.807, 2.05) is 27.7 Å². The molecule has 0 aliphatic rings. The van der Waals surface area contributed by atoms with E-state index in [0.717, 1.165) is 0 Å². The number of hydrogen-bond acceptors (Lipinski definition) is 4. The first kappa shape index (κ1) is 18.1. The molecule has 7 heteroatoms. The molecule has 122 valence electrons. The molecular formula is C14H28N4O2S. The summed E-state index contributed by atoms with van der Waals surface area (Å²) in [5.41, 5.74) is 6.33. The molecule has 0 aromatic carbocycles. The van der Waals surface area contributed by atoms with Gasteiger partial charge in [-0.05, 0) is 40.0 Å². The van der Waals surface area contributed by atoms with Crippen molar-refractivity contribution in [2.75, 3.05) is 6.54 Å². The van der Waals surface area contributed by atoms with Gasteiger partial charge in [0.1, 0.15) is 4.90 Å². The molecule has 0 radical (unpaired) electrons. The summed E-state index contributed by atoms with van der Waals surface area (Å²) >= 11 is 0. The molecule has 1 atom stereocenters. The molecule has 0 aliphatic heterocycles. The van der Waals surface area contributed by atoms with Crippen LogP contribution in [0.1, 0.15) is 45.5 Å². The Hall–Kier alpha value is -0.920. The summed E-state index contributed by atoms with van der Waals surface area (Å²) in [7, 11) is -3.64. The van der Waals surface area contributed by atoms with Crippen LogP contribution in [0.5, 0.6) is 0 Å². The maximum atomic E-state index is 12.7. The van der Waals surface area contributed by atoms with E-state index >= 15 is 0 Å². The van der Waals surface area contributed by atoms with Crippen molar-refractivity contribution in [2.45, 2.75) is 64.9 Å². The number of rotatable bonds is 7. The lowest BCUT2D eigenvalue weighted by Crippen LogP contribution is -2.52. The fourth-order valence-corrected chi connectivity index (χ4v) is 4.66. The minimum atomic E-state index is -3.64. The Morgan fingerprint density at radius 1 is 1.38 bits per heavy atom. The number of aryl methyl sites for hydroxylation is 2. The Morgan fingerprint density at radius 3 is 2.33 bits per heavy atom. The molecule has 0 bridgehead atoms. The van der Waals surface area contributed by atoms with Gasteiger partial charge in [0.2, 0.25) is 10.0 Å². The van der Waals surface area contributed by atoms with Crippen molar-refractivity contribution in [3.8, 4) is 0 Å². The monoisotopic (exact) mass is 316 g/mol. The van der Waals surface area contributed by atoms with Crippen LogP contribution in [-0.4, -0.2) is 30.3 Å². The molecule has 0 spiro atoms. The van der Waals surface area contributed by atoms with Crippen molar-refractivity contribution in [2.24, 2.45) is 11.7 Å². The van der Waals surface area contributed by atoms with Crippen LogP contribution in [0.2, 0.25) is 0 Å². The first-order valence-electron chi connectivity index (χ1n) is 7.34. The quantitative estimate of drug-likeness (QED) is 0.799. The van der Waals surface area contributed by atoms with Gasteiger partial charge in [0.25, 0.3) is 0 Å². The van der Waals surface area contributed by atoms with E-state index in [0.29, 0.717) is 30.3 Å². The smallest absolute Gasteiger partial charge is 0.244 e. The molecule has 1 aromatic rings. The van der Waals surface area contributed by atoms with Crippen LogP contribution >= 0.6 is 0 Å². The van der Waals surface area contributed by atoms with Crippen LogP contribution in [0, 0.1) is 19.8 Å². The fraction of sp³-hybridized carbons (Fsp3) is 0.786. The van der Waals surface area contributed by atoms with Crippen LogP contribution < -0.4 is 10.5 Å². The molecule has 0 saturated carbocycles. The van der Waals surface area contributed by atoms with E-state index in [-0.39, 0.29) is 11.4 Å². The van der Waals surface area contributed by atoms with Crippen LogP contribution in [0.4, 0.5) is 0 Å². The average molecular weight is 316 g/mol. The minimum Gasteiger partial charge on any atom is -0.329 e. The third kappa shape index (κ3) is 4.05. The van der Waals surface area contributed by atoms with E-state index in [9.17, 15) is 8.42 Å². The summed E-state index contributed by atoms with van der Waals surface area (Å²) in [6.07, 6.45) is 0.683. The summed E-state index contributed by atoms with van der Waals surface area (Å²) in [6.45, 7) is 12.3. The summed E-state index contributed by atoms with van der Waals surface area (Å²) in [4.78, 5) is 0.271. The molecule has 0 fully saturated rings. The molecule has 6 nitrogen and oxygen atoms in total. The first-order chi connectivity index (χ1) is 9.56. The van der Waals surface area contributed by atoms with Crippen LogP contribution in [-0.2, 0) is 16.6 Å². The lowest BCUT2D eigenvalue weighted by Gasteiger charge is -2.30. The van der Waals surface area contributed by atoms with Crippen molar-refractivity contribution >= 4 is 10.0 Å². The summed E-state index contributed by atoms with van der Waals surface area (Å²) in [6, 6.07) is 0. The zero-order chi connectivity index (χ0) is 16.4. The van der Waals surface area contributed by atoms with Crippen LogP contribution in [0.3, 0.4) is 0 Å². The number of aromatic nitrogens is 2. The van der Waals surface area contributed by atoms with Gasteiger partial charge in [-0.3, -0.25) is 4.68 Å². The SMILES string of the molecule is CCn1nc(C)c(S(=O)(=O)NC(C)(CN)CC(C)C)c1C. The normalized spacial score (nSPS) is 15.4. The van der Waals surface area contributed by atoms with Crippen molar-refractivity contribution < 1.29 is 8.42 Å². The molecule has 1 aromatic heterocycles. The van der Waals surface area contributed by atoms with Gasteiger partial charge in [0.15, 0.2) is 0 Å². The lowest BCUT2D eigenvalue weighted by molar-refractivity contribution is 0.344. The molecule has 21 heavy (non-hydrogen) atoms. The van der Waals surface area contributed by atoms with Gasteiger partial charge in [0.05, 0.1) is 11.4 Å². The number of nitrogens with one attached hydrogen (secondary N) is 1. The minimum absolute atomic E-state index is 0.254. The topological polar surface area (TPSA) is 90.0 Å². The molecule has 1 heterocycles. The zero-order valence-corrected chi connectivity index (χ0v) is 14.7. The Kier molecular flexibility index (Phi) is 5.57. The fourth-order valence-electron chi connectivity index (χ4n) is 2.82. The highest BCUT2D eigenvalue weighted by Crippen LogP contribution is 2.23. The molecule has 1 unspecified atom stereocenters. The Bertz CT molecular complexity index is 592. The maximum Gasteiger partial charge on any atom is 0.244 e. The van der Waals surface area contributed by atoms with Crippen molar-refractivity contribution in [1.29, 1.82) is 0 Å². The maximum absolute atomic E-state index is 12.7. The van der Waals surface area contributed by atoms with Gasteiger partial charge in [-0.2, -0.15) is 5.10 Å². The number of nitrogens with zero attached hydrogens (tertiary/aromatic N) is 2. The predicted octanol–water partition coefficient (Wildman–Crippen LogP) is 1.56. The largest absolute Gasteiger partial charge is 0.329 e. The molecule has 0 amide bonds. The second-order valence-electron chi connectivity index (χ2n) is 6.28. The van der Waals surface area contributed by atoms with Crippen LogP contribution in [0.25, 0.3) is 0 Å². The van der Waals surface area contributed by atoms with E-state index in [4.69, 9.17) is 5.73 Å². The zero-order valence-electron chi connectivity index (χ0n) is 13.9. The molecule has 3 N–H and O–H groups in total. The highest BCUT2D eigenvalue weighted by atomic mass is 32.2. The van der Waals surface area contributed by atoms with Gasteiger partial charge in [0, 0.05) is 18.6 Å². The van der Waals surface area contributed by atoms with Crippen molar-refractivity contribution in [3.05, 3.63) is 11.4 Å². The highest BCUT2D eigenvalue weighted by Gasteiger charge is 2.33. The predicted molar refractivity (Wildman–Crippen MR) is 84.6 cm³/mol. The van der Waals surface area contributed by atoms with E-state index < -0.39 is 15.6 Å². The molecule has 1 rings (SSSR count). The standard InChI is InChI=1S/C14H28N4O2S/c1-7-18-12(5)13(11(4)16-18)21(19,20)17-14(6,9-15)8-10(2)3/h10,17H,7-9,15H2,1-6H3. The van der Waals surface area contributed by atoms with Gasteiger partial charge >= 0.3 is 0 Å². The van der Waals surface area contributed by atoms with E-state index in [1.54, 1.807) is 18.5 Å². The van der Waals surface area contributed by atoms with E-state index in [1.165, 1.54) is 0 Å². The second kappa shape index (κ2) is 6.46. The van der Waals surface area contributed by atoms with Crippen molar-refractivity contribution in [1.82, 2.24) is 14.5 Å². The summed E-state index contributed by atoms with van der Waals surface area (Å²) < 4.78 is 30.0. The molecule has 0 saturated heterocycles. The third-order valence-electron chi connectivity index (χ3n) is 3.57. The highest BCUT2D eigenvalue weighted by molar-refractivity contribution is 7.89. The Labute approximate surface area is 128 Å². The Morgan fingerprint density at radius 2 is 1.95 bits per heavy atom. The molecular weight excluding hydrogens is 288 g/mol. The van der Waals surface area contributed by atoms with Crippen LogP contribution in [0.15, 0.2) is 4.90 Å². The first-order valence-corrected chi connectivity index (χ1v) is 8.82. The van der Waals surface area contributed by atoms with Gasteiger partial charge in [-0.15, -0.1) is 0 Å². The number of nitrogens with two attached hydrogens (primary N) is 1. The second-order valence-corrected chi connectivity index (χ2v) is 7.90. The third-order valence-corrected chi connectivity index (χ3v) is 5.46. The number of hydrogen-bond donors (Lipinski definition) is 2. The molecule has 0 aliphatic carbocycles. The number of sulfonamides is 1. The van der Waals surface area contributed by atoms with E-state index in [2.05, 4.69) is 9.82 Å². The summed E-state index contributed by atoms with van der Waals surface area (Å²) in [5, 5.41) is 4.28. The van der Waals surface area contributed by atoms with Crippen molar-refractivity contribution in [3.63, 3.8) is 0 Å².